The molecule has 2 nitrogen and oxygen atoms in total. The van der Waals surface area contributed by atoms with Crippen molar-refractivity contribution in [1.29, 1.82) is 0 Å². The molecule has 0 amide bonds. The van der Waals surface area contributed by atoms with Crippen LogP contribution in [0, 0.1) is 17.3 Å². The van der Waals surface area contributed by atoms with Gasteiger partial charge in [-0.2, -0.15) is 0 Å². The number of rotatable bonds is 6. The summed E-state index contributed by atoms with van der Waals surface area (Å²) in [5.74, 6) is 1.70. The maximum atomic E-state index is 6.24. The van der Waals surface area contributed by atoms with Gasteiger partial charge in [0.25, 0.3) is 0 Å². The van der Waals surface area contributed by atoms with E-state index in [1.54, 1.807) is 0 Å². The fourth-order valence-corrected chi connectivity index (χ4v) is 3.75. The summed E-state index contributed by atoms with van der Waals surface area (Å²) in [6.07, 6.45) is 7.13. The monoisotopic (exact) mass is 253 g/mol. The number of likely N-dealkylation sites (N-methyl/N-ethyl adjacent to an activating group) is 1. The predicted octanol–water partition coefficient (Wildman–Crippen LogP) is 3.61. The van der Waals surface area contributed by atoms with Crippen LogP contribution in [-0.4, -0.2) is 25.3 Å². The predicted molar refractivity (Wildman–Crippen MR) is 76.7 cm³/mol. The van der Waals surface area contributed by atoms with E-state index in [-0.39, 0.29) is 0 Å². The van der Waals surface area contributed by atoms with E-state index in [4.69, 9.17) is 4.74 Å². The molecule has 2 aliphatic rings. The molecule has 18 heavy (non-hydrogen) atoms. The Bertz CT molecular complexity index is 260. The Labute approximate surface area is 113 Å². The maximum Gasteiger partial charge on any atom is 0.0626 e. The summed E-state index contributed by atoms with van der Waals surface area (Å²) in [7, 11) is 0. The van der Waals surface area contributed by atoms with Gasteiger partial charge < -0.3 is 10.1 Å². The van der Waals surface area contributed by atoms with Gasteiger partial charge in [-0.1, -0.05) is 27.7 Å². The summed E-state index contributed by atoms with van der Waals surface area (Å²) >= 11 is 0. The minimum atomic E-state index is 0.468. The average molecular weight is 253 g/mol. The molecule has 0 aromatic carbocycles. The zero-order valence-corrected chi connectivity index (χ0v) is 12.7. The van der Waals surface area contributed by atoms with Crippen LogP contribution in [0.25, 0.3) is 0 Å². The Balaban J connectivity index is 1.77. The molecular formula is C16H31NO. The van der Waals surface area contributed by atoms with Crippen molar-refractivity contribution in [3.8, 4) is 0 Å². The lowest BCUT2D eigenvalue weighted by Gasteiger charge is -2.39. The van der Waals surface area contributed by atoms with Crippen LogP contribution in [0.5, 0.6) is 0 Å². The first kappa shape index (κ1) is 14.3. The first-order chi connectivity index (χ1) is 8.50. The van der Waals surface area contributed by atoms with E-state index in [0.717, 1.165) is 25.0 Å². The zero-order chi connectivity index (χ0) is 13.2. The minimum Gasteiger partial charge on any atom is -0.377 e. The lowest BCUT2D eigenvalue weighted by molar-refractivity contribution is -0.0324. The Hall–Kier alpha value is -0.0800. The van der Waals surface area contributed by atoms with Crippen LogP contribution >= 0.6 is 0 Å². The molecule has 2 heteroatoms. The fourth-order valence-electron chi connectivity index (χ4n) is 3.75. The third kappa shape index (κ3) is 4.24. The van der Waals surface area contributed by atoms with Crippen molar-refractivity contribution in [2.45, 2.75) is 71.9 Å². The Morgan fingerprint density at radius 1 is 1.28 bits per heavy atom. The molecule has 3 atom stereocenters. The van der Waals surface area contributed by atoms with E-state index in [2.05, 4.69) is 33.0 Å². The molecule has 0 spiro atoms. The standard InChI is InChI=1S/C16H31NO/c1-5-17-15(13-6-7-13)11-18-14-8-12(2)9-16(3,4)10-14/h12-15,17H,5-11H2,1-4H3. The van der Waals surface area contributed by atoms with Crippen molar-refractivity contribution in [1.82, 2.24) is 5.32 Å². The minimum absolute atomic E-state index is 0.468. The molecule has 0 heterocycles. The SMILES string of the molecule is CCNC(COC1CC(C)CC(C)(C)C1)C1CC1. The largest absolute Gasteiger partial charge is 0.377 e. The smallest absolute Gasteiger partial charge is 0.0626 e. The highest BCUT2D eigenvalue weighted by Crippen LogP contribution is 2.40. The molecule has 2 fully saturated rings. The highest BCUT2D eigenvalue weighted by atomic mass is 16.5. The number of hydrogen-bond acceptors (Lipinski definition) is 2. The summed E-state index contributed by atoms with van der Waals surface area (Å²) in [4.78, 5) is 0. The lowest BCUT2D eigenvalue weighted by Crippen LogP contribution is -2.39. The summed E-state index contributed by atoms with van der Waals surface area (Å²) in [6, 6.07) is 0.607. The molecule has 0 aromatic heterocycles. The Kier molecular flexibility index (Phi) is 4.71. The average Bonchev–Trinajstić information content (AvgIpc) is 3.05. The van der Waals surface area contributed by atoms with Crippen molar-refractivity contribution in [2.75, 3.05) is 13.2 Å². The third-order valence-corrected chi connectivity index (χ3v) is 4.52. The van der Waals surface area contributed by atoms with Crippen molar-refractivity contribution in [3.63, 3.8) is 0 Å². The Morgan fingerprint density at radius 2 is 2.00 bits per heavy atom. The van der Waals surface area contributed by atoms with E-state index in [1.807, 2.05) is 0 Å². The lowest BCUT2D eigenvalue weighted by atomic mass is 9.71. The highest BCUT2D eigenvalue weighted by molar-refractivity contribution is 4.88. The summed E-state index contributed by atoms with van der Waals surface area (Å²) < 4.78 is 6.24. The van der Waals surface area contributed by atoms with E-state index in [9.17, 15) is 0 Å². The maximum absolute atomic E-state index is 6.24. The van der Waals surface area contributed by atoms with Crippen molar-refractivity contribution < 1.29 is 4.74 Å². The van der Waals surface area contributed by atoms with Gasteiger partial charge in [-0.25, -0.2) is 0 Å². The molecule has 2 saturated carbocycles. The van der Waals surface area contributed by atoms with Crippen LogP contribution < -0.4 is 5.32 Å². The molecule has 2 aliphatic carbocycles. The summed E-state index contributed by atoms with van der Waals surface area (Å²) in [5, 5.41) is 3.59. The van der Waals surface area contributed by atoms with Gasteiger partial charge >= 0.3 is 0 Å². The number of hydrogen-bond donors (Lipinski definition) is 1. The van der Waals surface area contributed by atoms with Gasteiger partial charge in [-0.3, -0.25) is 0 Å². The second kappa shape index (κ2) is 5.92. The van der Waals surface area contributed by atoms with Gasteiger partial charge in [0, 0.05) is 6.04 Å². The van der Waals surface area contributed by atoms with Gasteiger partial charge in [-0.15, -0.1) is 0 Å². The van der Waals surface area contributed by atoms with Gasteiger partial charge in [0.2, 0.25) is 0 Å². The van der Waals surface area contributed by atoms with Crippen LogP contribution in [0.1, 0.15) is 59.8 Å². The molecule has 0 aliphatic heterocycles. The molecule has 3 unspecified atom stereocenters. The molecule has 1 N–H and O–H groups in total. The van der Waals surface area contributed by atoms with Crippen LogP contribution in [-0.2, 0) is 4.74 Å². The molecule has 0 bridgehead atoms. The van der Waals surface area contributed by atoms with Crippen molar-refractivity contribution in [2.24, 2.45) is 17.3 Å². The fraction of sp³-hybridized carbons (Fsp3) is 1.00. The highest BCUT2D eigenvalue weighted by Gasteiger charge is 2.35. The van der Waals surface area contributed by atoms with E-state index in [1.165, 1.54) is 32.1 Å². The van der Waals surface area contributed by atoms with Crippen LogP contribution in [0.3, 0.4) is 0 Å². The Morgan fingerprint density at radius 3 is 2.56 bits per heavy atom. The van der Waals surface area contributed by atoms with Gasteiger partial charge in [0.1, 0.15) is 0 Å². The van der Waals surface area contributed by atoms with Gasteiger partial charge in [0.05, 0.1) is 12.7 Å². The summed E-state index contributed by atoms with van der Waals surface area (Å²) in [6.45, 7) is 11.3. The van der Waals surface area contributed by atoms with Gasteiger partial charge in [0.15, 0.2) is 0 Å². The number of nitrogens with one attached hydrogen (secondary N) is 1. The van der Waals surface area contributed by atoms with Gasteiger partial charge in [-0.05, 0) is 55.9 Å². The van der Waals surface area contributed by atoms with Crippen LogP contribution in [0.2, 0.25) is 0 Å². The third-order valence-electron chi connectivity index (χ3n) is 4.52. The molecule has 2 rings (SSSR count). The normalized spacial score (nSPS) is 33.3. The van der Waals surface area contributed by atoms with Crippen molar-refractivity contribution >= 4 is 0 Å². The quantitative estimate of drug-likeness (QED) is 0.781. The second-order valence-electron chi connectivity index (χ2n) is 7.37. The first-order valence-corrected chi connectivity index (χ1v) is 7.85. The van der Waals surface area contributed by atoms with Crippen LogP contribution in [0.4, 0.5) is 0 Å². The van der Waals surface area contributed by atoms with Crippen molar-refractivity contribution in [3.05, 3.63) is 0 Å². The molecule has 0 aromatic rings. The topological polar surface area (TPSA) is 21.3 Å². The second-order valence-corrected chi connectivity index (χ2v) is 7.37. The zero-order valence-electron chi connectivity index (χ0n) is 12.7. The summed E-state index contributed by atoms with van der Waals surface area (Å²) in [5.41, 5.74) is 0.468. The molecule has 106 valence electrons. The van der Waals surface area contributed by atoms with E-state index < -0.39 is 0 Å². The number of ether oxygens (including phenoxy) is 1. The molecule has 0 saturated heterocycles. The molecular weight excluding hydrogens is 222 g/mol. The molecule has 0 radical (unpaired) electrons. The van der Waals surface area contributed by atoms with E-state index in [0.29, 0.717) is 17.6 Å². The van der Waals surface area contributed by atoms with Crippen LogP contribution in [0.15, 0.2) is 0 Å². The first-order valence-electron chi connectivity index (χ1n) is 7.85. The van der Waals surface area contributed by atoms with E-state index >= 15 is 0 Å².